The number of aryl methyl sites for hydroxylation is 2. The Morgan fingerprint density at radius 1 is 1.53 bits per heavy atom. The molecule has 2 rings (SSSR count). The summed E-state index contributed by atoms with van der Waals surface area (Å²) in [6.45, 7) is 6.91. The summed E-state index contributed by atoms with van der Waals surface area (Å²) in [7, 11) is 0. The van der Waals surface area contributed by atoms with Crippen LogP contribution in [0.2, 0.25) is 0 Å². The highest BCUT2D eigenvalue weighted by Crippen LogP contribution is 2.19. The fraction of sp³-hybridized carbons (Fsp3) is 0.692. The van der Waals surface area contributed by atoms with E-state index in [1.165, 1.54) is 18.5 Å². The van der Waals surface area contributed by atoms with Crippen LogP contribution >= 0.6 is 0 Å². The number of hydrogen-bond donors (Lipinski definition) is 0. The van der Waals surface area contributed by atoms with Crippen molar-refractivity contribution in [1.82, 2.24) is 14.7 Å². The Balaban J connectivity index is 2.11. The molecule has 0 amide bonds. The van der Waals surface area contributed by atoms with Crippen LogP contribution in [0.5, 0.6) is 0 Å². The minimum Gasteiger partial charge on any atom is -0.282 e. The molecule has 1 aromatic rings. The van der Waals surface area contributed by atoms with E-state index in [9.17, 15) is 0 Å². The van der Waals surface area contributed by atoms with Gasteiger partial charge in [0.05, 0.1) is 23.5 Å². The van der Waals surface area contributed by atoms with E-state index in [1.807, 2.05) is 11.6 Å². The zero-order chi connectivity index (χ0) is 12.3. The first kappa shape index (κ1) is 12.1. The molecule has 2 heterocycles. The summed E-state index contributed by atoms with van der Waals surface area (Å²) in [5, 5.41) is 13.6. The maximum Gasteiger partial charge on any atom is 0.0981 e. The molecular weight excluding hydrogens is 212 g/mol. The smallest absolute Gasteiger partial charge is 0.0981 e. The lowest BCUT2D eigenvalue weighted by Crippen LogP contribution is -2.38. The first-order chi connectivity index (χ1) is 8.24. The van der Waals surface area contributed by atoms with Gasteiger partial charge in [0.25, 0.3) is 0 Å². The second-order valence-electron chi connectivity index (χ2n) is 4.70. The van der Waals surface area contributed by atoms with Gasteiger partial charge in [-0.2, -0.15) is 10.4 Å². The molecule has 0 spiro atoms. The Hall–Kier alpha value is -1.34. The summed E-state index contributed by atoms with van der Waals surface area (Å²) in [6, 6.07) is 4.63. The minimum atomic E-state index is 0.0873. The van der Waals surface area contributed by atoms with Gasteiger partial charge in [-0.3, -0.25) is 9.58 Å². The SMILES string of the molecule is CCn1nc(C)cc1CN1CCCCC1C#N. The Morgan fingerprint density at radius 2 is 2.35 bits per heavy atom. The lowest BCUT2D eigenvalue weighted by molar-refractivity contribution is 0.171. The van der Waals surface area contributed by atoms with E-state index in [2.05, 4.69) is 29.1 Å². The van der Waals surface area contributed by atoms with Crippen LogP contribution in [0.15, 0.2) is 6.07 Å². The van der Waals surface area contributed by atoms with E-state index >= 15 is 0 Å². The van der Waals surface area contributed by atoms with Crippen LogP contribution in [-0.2, 0) is 13.1 Å². The van der Waals surface area contributed by atoms with Gasteiger partial charge in [-0.15, -0.1) is 0 Å². The third-order valence-electron chi connectivity index (χ3n) is 3.41. The van der Waals surface area contributed by atoms with E-state index in [0.717, 1.165) is 31.7 Å². The van der Waals surface area contributed by atoms with E-state index in [0.29, 0.717) is 0 Å². The van der Waals surface area contributed by atoms with Crippen LogP contribution in [0.1, 0.15) is 37.6 Å². The molecule has 1 aromatic heterocycles. The summed E-state index contributed by atoms with van der Waals surface area (Å²) < 4.78 is 2.04. The van der Waals surface area contributed by atoms with Crippen molar-refractivity contribution in [2.75, 3.05) is 6.54 Å². The summed E-state index contributed by atoms with van der Waals surface area (Å²) in [4.78, 5) is 2.28. The van der Waals surface area contributed by atoms with E-state index in [4.69, 9.17) is 5.26 Å². The number of hydrogen-bond acceptors (Lipinski definition) is 3. The molecule has 1 atom stereocenters. The number of likely N-dealkylation sites (tertiary alicyclic amines) is 1. The predicted molar refractivity (Wildman–Crippen MR) is 66.3 cm³/mol. The van der Waals surface area contributed by atoms with E-state index < -0.39 is 0 Å². The molecule has 0 radical (unpaired) electrons. The van der Waals surface area contributed by atoms with Gasteiger partial charge in [0, 0.05) is 13.1 Å². The monoisotopic (exact) mass is 232 g/mol. The molecule has 1 aliphatic heterocycles. The lowest BCUT2D eigenvalue weighted by atomic mass is 10.0. The molecule has 92 valence electrons. The zero-order valence-corrected chi connectivity index (χ0v) is 10.7. The van der Waals surface area contributed by atoms with Gasteiger partial charge in [-0.25, -0.2) is 0 Å². The van der Waals surface area contributed by atoms with Gasteiger partial charge in [0.15, 0.2) is 0 Å². The van der Waals surface area contributed by atoms with Gasteiger partial charge < -0.3 is 0 Å². The predicted octanol–water partition coefficient (Wildman–Crippen LogP) is 2.09. The van der Waals surface area contributed by atoms with Crippen molar-refractivity contribution < 1.29 is 0 Å². The molecule has 1 fully saturated rings. The second kappa shape index (κ2) is 5.33. The highest BCUT2D eigenvalue weighted by atomic mass is 15.3. The number of piperidine rings is 1. The highest BCUT2D eigenvalue weighted by molar-refractivity contribution is 5.10. The van der Waals surface area contributed by atoms with Crippen LogP contribution in [0.3, 0.4) is 0 Å². The second-order valence-corrected chi connectivity index (χ2v) is 4.70. The van der Waals surface area contributed by atoms with E-state index in [-0.39, 0.29) is 6.04 Å². The molecule has 17 heavy (non-hydrogen) atoms. The van der Waals surface area contributed by atoms with E-state index in [1.54, 1.807) is 0 Å². The Labute approximate surface area is 103 Å². The molecule has 0 N–H and O–H groups in total. The van der Waals surface area contributed by atoms with Crippen molar-refractivity contribution in [1.29, 1.82) is 5.26 Å². The third kappa shape index (κ3) is 2.67. The van der Waals surface area contributed by atoms with Crippen molar-refractivity contribution in [2.24, 2.45) is 0 Å². The highest BCUT2D eigenvalue weighted by Gasteiger charge is 2.23. The fourth-order valence-corrected chi connectivity index (χ4v) is 2.53. The summed E-state index contributed by atoms with van der Waals surface area (Å²) in [5.74, 6) is 0. The molecular formula is C13H20N4. The van der Waals surface area contributed by atoms with Crippen LogP contribution in [0.25, 0.3) is 0 Å². The molecule has 0 aliphatic carbocycles. The van der Waals surface area contributed by atoms with Crippen molar-refractivity contribution in [2.45, 2.75) is 52.2 Å². The average Bonchev–Trinajstić information content (AvgIpc) is 2.70. The average molecular weight is 232 g/mol. The summed E-state index contributed by atoms with van der Waals surface area (Å²) in [6.07, 6.45) is 3.40. The third-order valence-corrected chi connectivity index (χ3v) is 3.41. The molecule has 4 nitrogen and oxygen atoms in total. The van der Waals surface area contributed by atoms with Gasteiger partial charge >= 0.3 is 0 Å². The van der Waals surface area contributed by atoms with Crippen molar-refractivity contribution in [3.8, 4) is 6.07 Å². The molecule has 1 unspecified atom stereocenters. The number of nitrogens with zero attached hydrogens (tertiary/aromatic N) is 4. The Bertz CT molecular complexity index is 416. The van der Waals surface area contributed by atoms with Crippen LogP contribution in [0, 0.1) is 18.3 Å². The van der Waals surface area contributed by atoms with Gasteiger partial charge in [0.1, 0.15) is 0 Å². The molecule has 0 bridgehead atoms. The molecule has 0 saturated carbocycles. The maximum atomic E-state index is 9.16. The first-order valence-corrected chi connectivity index (χ1v) is 6.41. The van der Waals surface area contributed by atoms with Gasteiger partial charge in [-0.1, -0.05) is 0 Å². The summed E-state index contributed by atoms with van der Waals surface area (Å²) >= 11 is 0. The van der Waals surface area contributed by atoms with Crippen LogP contribution < -0.4 is 0 Å². The van der Waals surface area contributed by atoms with Crippen LogP contribution in [0.4, 0.5) is 0 Å². The standard InChI is InChI=1S/C13H20N4/c1-3-17-13(8-11(2)15-17)10-16-7-5-4-6-12(16)9-14/h8,12H,3-7,10H2,1-2H3. The Kier molecular flexibility index (Phi) is 3.80. The lowest BCUT2D eigenvalue weighted by Gasteiger charge is -2.31. The normalized spacial score (nSPS) is 21.4. The minimum absolute atomic E-state index is 0.0873. The zero-order valence-electron chi connectivity index (χ0n) is 10.7. The quantitative estimate of drug-likeness (QED) is 0.801. The summed E-state index contributed by atoms with van der Waals surface area (Å²) in [5.41, 5.74) is 2.29. The largest absolute Gasteiger partial charge is 0.282 e. The van der Waals surface area contributed by atoms with Gasteiger partial charge in [-0.05, 0) is 45.7 Å². The first-order valence-electron chi connectivity index (χ1n) is 6.41. The maximum absolute atomic E-state index is 9.16. The topological polar surface area (TPSA) is 44.9 Å². The molecule has 0 aromatic carbocycles. The van der Waals surface area contributed by atoms with Gasteiger partial charge in [0.2, 0.25) is 0 Å². The number of aromatic nitrogens is 2. The number of rotatable bonds is 3. The van der Waals surface area contributed by atoms with Crippen molar-refractivity contribution in [3.63, 3.8) is 0 Å². The number of nitriles is 1. The fourth-order valence-electron chi connectivity index (χ4n) is 2.53. The molecule has 1 aliphatic rings. The van der Waals surface area contributed by atoms with Crippen molar-refractivity contribution in [3.05, 3.63) is 17.5 Å². The molecule has 4 heteroatoms. The van der Waals surface area contributed by atoms with Crippen molar-refractivity contribution >= 4 is 0 Å². The Morgan fingerprint density at radius 3 is 3.06 bits per heavy atom. The van der Waals surface area contributed by atoms with Crippen LogP contribution in [-0.4, -0.2) is 27.3 Å². The molecule has 1 saturated heterocycles.